The molecule has 2 amide bonds. The molecule has 1 aliphatic heterocycles. The lowest BCUT2D eigenvalue weighted by Gasteiger charge is -2.25. The molecule has 1 aromatic rings. The third-order valence-corrected chi connectivity index (χ3v) is 5.16. The largest absolute Gasteiger partial charge is 0.349 e. The summed E-state index contributed by atoms with van der Waals surface area (Å²) in [7, 11) is 0. The van der Waals surface area contributed by atoms with Crippen molar-refractivity contribution in [3.63, 3.8) is 0 Å². The average molecular weight is 343 g/mol. The van der Waals surface area contributed by atoms with E-state index in [2.05, 4.69) is 15.5 Å². The van der Waals surface area contributed by atoms with Crippen molar-refractivity contribution in [2.75, 3.05) is 25.0 Å². The normalized spacial score (nSPS) is 19.4. The summed E-state index contributed by atoms with van der Waals surface area (Å²) < 4.78 is 0. The topological polar surface area (TPSA) is 61.4 Å². The Kier molecular flexibility index (Phi) is 6.45. The SMILES string of the molecule is O=C(CN1CCCCC1)Nc1cccc(C(=O)NC2CCCCC2)c1. The van der Waals surface area contributed by atoms with Crippen molar-refractivity contribution in [2.45, 2.75) is 57.4 Å². The maximum absolute atomic E-state index is 12.4. The molecule has 1 aliphatic carbocycles. The summed E-state index contributed by atoms with van der Waals surface area (Å²) in [5.41, 5.74) is 1.31. The summed E-state index contributed by atoms with van der Waals surface area (Å²) in [6.45, 7) is 2.42. The maximum atomic E-state index is 12.4. The fourth-order valence-corrected chi connectivity index (χ4v) is 3.77. The van der Waals surface area contributed by atoms with Gasteiger partial charge in [0.2, 0.25) is 5.91 Å². The zero-order valence-corrected chi connectivity index (χ0v) is 14.9. The Morgan fingerprint density at radius 2 is 1.72 bits per heavy atom. The smallest absolute Gasteiger partial charge is 0.251 e. The van der Waals surface area contributed by atoms with Gasteiger partial charge in [0.15, 0.2) is 0 Å². The van der Waals surface area contributed by atoms with Gasteiger partial charge >= 0.3 is 0 Å². The fourth-order valence-electron chi connectivity index (χ4n) is 3.77. The van der Waals surface area contributed by atoms with Crippen LogP contribution in [-0.4, -0.2) is 42.4 Å². The second-order valence-corrected chi connectivity index (χ2v) is 7.27. The molecule has 1 saturated heterocycles. The van der Waals surface area contributed by atoms with Crippen molar-refractivity contribution >= 4 is 17.5 Å². The Bertz CT molecular complexity index is 590. The molecule has 1 heterocycles. The molecule has 0 atom stereocenters. The van der Waals surface area contributed by atoms with E-state index in [0.717, 1.165) is 25.9 Å². The van der Waals surface area contributed by atoms with Gasteiger partial charge in [0.1, 0.15) is 0 Å². The number of benzene rings is 1. The van der Waals surface area contributed by atoms with Gasteiger partial charge in [-0.05, 0) is 57.0 Å². The highest BCUT2D eigenvalue weighted by atomic mass is 16.2. The van der Waals surface area contributed by atoms with E-state index in [4.69, 9.17) is 0 Å². The van der Waals surface area contributed by atoms with E-state index in [1.807, 2.05) is 12.1 Å². The van der Waals surface area contributed by atoms with Gasteiger partial charge in [-0.1, -0.05) is 31.7 Å². The third kappa shape index (κ3) is 5.56. The second-order valence-electron chi connectivity index (χ2n) is 7.27. The number of amides is 2. The number of likely N-dealkylation sites (tertiary alicyclic amines) is 1. The average Bonchev–Trinajstić information content (AvgIpc) is 2.63. The van der Waals surface area contributed by atoms with Gasteiger partial charge in [0.25, 0.3) is 5.91 Å². The highest BCUT2D eigenvalue weighted by molar-refractivity contribution is 5.97. The van der Waals surface area contributed by atoms with Crippen molar-refractivity contribution in [1.29, 1.82) is 0 Å². The van der Waals surface area contributed by atoms with Crippen LogP contribution in [0.15, 0.2) is 24.3 Å². The Morgan fingerprint density at radius 3 is 2.48 bits per heavy atom. The van der Waals surface area contributed by atoms with Crippen LogP contribution in [0.25, 0.3) is 0 Å². The number of nitrogens with one attached hydrogen (secondary N) is 2. The van der Waals surface area contributed by atoms with Gasteiger partial charge in [-0.25, -0.2) is 0 Å². The van der Waals surface area contributed by atoms with Crippen molar-refractivity contribution in [1.82, 2.24) is 10.2 Å². The van der Waals surface area contributed by atoms with Crippen LogP contribution < -0.4 is 10.6 Å². The van der Waals surface area contributed by atoms with Crippen molar-refractivity contribution in [3.8, 4) is 0 Å². The molecule has 136 valence electrons. The molecule has 5 heteroatoms. The Morgan fingerprint density at radius 1 is 1.00 bits per heavy atom. The van der Waals surface area contributed by atoms with Gasteiger partial charge in [-0.15, -0.1) is 0 Å². The van der Waals surface area contributed by atoms with E-state index >= 15 is 0 Å². The minimum atomic E-state index is -0.0426. The highest BCUT2D eigenvalue weighted by Crippen LogP contribution is 2.18. The third-order valence-electron chi connectivity index (χ3n) is 5.16. The summed E-state index contributed by atoms with van der Waals surface area (Å²) in [5, 5.41) is 6.05. The number of hydrogen-bond acceptors (Lipinski definition) is 3. The highest BCUT2D eigenvalue weighted by Gasteiger charge is 2.17. The lowest BCUT2D eigenvalue weighted by atomic mass is 9.95. The van der Waals surface area contributed by atoms with E-state index in [1.54, 1.807) is 12.1 Å². The molecule has 2 aliphatic rings. The number of anilines is 1. The minimum Gasteiger partial charge on any atom is -0.349 e. The first-order valence-electron chi connectivity index (χ1n) is 9.64. The van der Waals surface area contributed by atoms with Gasteiger partial charge in [-0.3, -0.25) is 14.5 Å². The van der Waals surface area contributed by atoms with E-state index in [-0.39, 0.29) is 11.8 Å². The summed E-state index contributed by atoms with van der Waals surface area (Å²) >= 11 is 0. The zero-order chi connectivity index (χ0) is 17.5. The number of piperidine rings is 1. The van der Waals surface area contributed by atoms with E-state index < -0.39 is 0 Å². The standard InChI is InChI=1S/C20H29N3O2/c24-19(15-23-12-5-2-6-13-23)21-18-11-7-8-16(14-18)20(25)22-17-9-3-1-4-10-17/h7-8,11,14,17H,1-6,9-10,12-13,15H2,(H,21,24)(H,22,25). The van der Waals surface area contributed by atoms with Gasteiger partial charge in [-0.2, -0.15) is 0 Å². The fraction of sp³-hybridized carbons (Fsp3) is 0.600. The predicted molar refractivity (Wildman–Crippen MR) is 99.7 cm³/mol. The predicted octanol–water partition coefficient (Wildman–Crippen LogP) is 3.17. The molecule has 5 nitrogen and oxygen atoms in total. The molecular formula is C20H29N3O2. The quantitative estimate of drug-likeness (QED) is 0.863. The molecular weight excluding hydrogens is 314 g/mol. The van der Waals surface area contributed by atoms with Crippen molar-refractivity contribution in [3.05, 3.63) is 29.8 Å². The molecule has 0 aromatic heterocycles. The first-order valence-corrected chi connectivity index (χ1v) is 9.64. The molecule has 0 unspecified atom stereocenters. The van der Waals surface area contributed by atoms with E-state index in [9.17, 15) is 9.59 Å². The monoisotopic (exact) mass is 343 g/mol. The van der Waals surface area contributed by atoms with Crippen LogP contribution >= 0.6 is 0 Å². The minimum absolute atomic E-state index is 0.00765. The van der Waals surface area contributed by atoms with Crippen LogP contribution in [0.3, 0.4) is 0 Å². The first-order chi connectivity index (χ1) is 12.2. The van der Waals surface area contributed by atoms with Crippen molar-refractivity contribution < 1.29 is 9.59 Å². The van der Waals surface area contributed by atoms with Crippen LogP contribution in [0, 0.1) is 0 Å². The van der Waals surface area contributed by atoms with E-state index in [0.29, 0.717) is 23.8 Å². The zero-order valence-electron chi connectivity index (χ0n) is 14.9. The van der Waals surface area contributed by atoms with Crippen molar-refractivity contribution in [2.24, 2.45) is 0 Å². The molecule has 25 heavy (non-hydrogen) atoms. The summed E-state index contributed by atoms with van der Waals surface area (Å²) in [5.74, 6) is -0.0502. The molecule has 0 spiro atoms. The second kappa shape index (κ2) is 8.99. The molecule has 1 aromatic carbocycles. The molecule has 2 fully saturated rings. The number of rotatable bonds is 5. The summed E-state index contributed by atoms with van der Waals surface area (Å²) in [6.07, 6.45) is 9.39. The summed E-state index contributed by atoms with van der Waals surface area (Å²) in [4.78, 5) is 26.9. The maximum Gasteiger partial charge on any atom is 0.251 e. The Hall–Kier alpha value is -1.88. The molecule has 3 rings (SSSR count). The first kappa shape index (κ1) is 17.9. The molecule has 2 N–H and O–H groups in total. The van der Waals surface area contributed by atoms with E-state index in [1.165, 1.54) is 38.5 Å². The van der Waals surface area contributed by atoms with Crippen LogP contribution in [0.2, 0.25) is 0 Å². The van der Waals surface area contributed by atoms with Gasteiger partial charge in [0.05, 0.1) is 6.54 Å². The van der Waals surface area contributed by atoms with Crippen LogP contribution in [0.5, 0.6) is 0 Å². The molecule has 0 bridgehead atoms. The summed E-state index contributed by atoms with van der Waals surface area (Å²) in [6, 6.07) is 7.53. The Balaban J connectivity index is 1.53. The molecule has 1 saturated carbocycles. The van der Waals surface area contributed by atoms with Gasteiger partial charge in [0, 0.05) is 17.3 Å². The number of carbonyl (C=O) groups excluding carboxylic acids is 2. The molecule has 0 radical (unpaired) electrons. The van der Waals surface area contributed by atoms with Crippen LogP contribution in [0.1, 0.15) is 61.7 Å². The lowest BCUT2D eigenvalue weighted by Crippen LogP contribution is -2.37. The van der Waals surface area contributed by atoms with Crippen LogP contribution in [0.4, 0.5) is 5.69 Å². The number of nitrogens with zero attached hydrogens (tertiary/aromatic N) is 1. The Labute approximate surface area is 150 Å². The number of hydrogen-bond donors (Lipinski definition) is 2. The number of carbonyl (C=O) groups is 2. The van der Waals surface area contributed by atoms with Gasteiger partial charge < -0.3 is 10.6 Å². The lowest BCUT2D eigenvalue weighted by molar-refractivity contribution is -0.117. The van der Waals surface area contributed by atoms with Crippen LogP contribution in [-0.2, 0) is 4.79 Å².